The van der Waals surface area contributed by atoms with Crippen molar-refractivity contribution in [1.29, 1.82) is 0 Å². The molecule has 36 heavy (non-hydrogen) atoms. The fourth-order valence-corrected chi connectivity index (χ4v) is 7.42. The summed E-state index contributed by atoms with van der Waals surface area (Å²) < 4.78 is 28.6. The number of hydrogen-bond acceptors (Lipinski definition) is 8. The van der Waals surface area contributed by atoms with Crippen molar-refractivity contribution in [2.45, 2.75) is 44.1 Å². The summed E-state index contributed by atoms with van der Waals surface area (Å²) in [6, 6.07) is 6.57. The number of benzene rings is 1. The highest BCUT2D eigenvalue weighted by Crippen LogP contribution is 2.31. The van der Waals surface area contributed by atoms with E-state index in [0.717, 1.165) is 17.8 Å². The smallest absolute Gasteiger partial charge is 0.273 e. The predicted octanol–water partition coefficient (Wildman–Crippen LogP) is 2.78. The number of methoxy groups -OCH3 is 1. The molecule has 2 saturated heterocycles. The lowest BCUT2D eigenvalue weighted by atomic mass is 9.97. The number of nitrogens with zero attached hydrogens (tertiary/aromatic N) is 3. The van der Waals surface area contributed by atoms with E-state index in [0.29, 0.717) is 36.5 Å². The van der Waals surface area contributed by atoms with Gasteiger partial charge in [0.25, 0.3) is 5.91 Å². The van der Waals surface area contributed by atoms with Crippen molar-refractivity contribution in [1.82, 2.24) is 14.8 Å². The highest BCUT2D eigenvalue weighted by atomic mass is 32.2. The zero-order valence-corrected chi connectivity index (χ0v) is 22.1. The van der Waals surface area contributed by atoms with Crippen molar-refractivity contribution in [2.24, 2.45) is 0 Å². The molecule has 0 aliphatic carbocycles. The van der Waals surface area contributed by atoms with Gasteiger partial charge in [0.05, 0.1) is 23.6 Å². The van der Waals surface area contributed by atoms with Crippen molar-refractivity contribution in [3.8, 4) is 5.75 Å². The number of thiazole rings is 1. The molecule has 2 amide bonds. The number of Topliss-reactive ketones (excluding diaryl/α,β-unsaturated/α-hetero) is 1. The van der Waals surface area contributed by atoms with Crippen LogP contribution in [0.3, 0.4) is 0 Å². The first-order chi connectivity index (χ1) is 17.2. The van der Waals surface area contributed by atoms with Gasteiger partial charge < -0.3 is 14.5 Å². The maximum Gasteiger partial charge on any atom is 0.273 e. The van der Waals surface area contributed by atoms with Gasteiger partial charge in [0.15, 0.2) is 15.6 Å². The quantitative estimate of drug-likeness (QED) is 0.480. The molecule has 0 saturated carbocycles. The number of likely N-dealkylation sites (tertiary alicyclic amines) is 1. The average molecular weight is 534 g/mol. The summed E-state index contributed by atoms with van der Waals surface area (Å²) >= 11 is 1.43. The van der Waals surface area contributed by atoms with Crippen LogP contribution in [0.15, 0.2) is 29.6 Å². The topological polar surface area (TPSA) is 114 Å². The van der Waals surface area contributed by atoms with E-state index in [1.165, 1.54) is 16.2 Å². The Hall–Kier alpha value is -2.79. The van der Waals surface area contributed by atoms with E-state index in [-0.39, 0.29) is 53.9 Å². The Labute approximate surface area is 215 Å². The number of hydrogen-bond donors (Lipinski definition) is 0. The summed E-state index contributed by atoms with van der Waals surface area (Å²) in [6.07, 6.45) is 2.29. The summed E-state index contributed by atoms with van der Waals surface area (Å²) in [5, 5.41) is 2.60. The van der Waals surface area contributed by atoms with Crippen LogP contribution in [0, 0.1) is 0 Å². The summed E-state index contributed by atoms with van der Waals surface area (Å²) in [5.74, 6) is 0.611. The van der Waals surface area contributed by atoms with E-state index in [4.69, 9.17) is 4.74 Å². The molecular weight excluding hydrogens is 502 g/mol. The van der Waals surface area contributed by atoms with Gasteiger partial charge in [-0.15, -0.1) is 11.3 Å². The van der Waals surface area contributed by atoms with Crippen molar-refractivity contribution >= 4 is 38.8 Å². The van der Waals surface area contributed by atoms with Gasteiger partial charge in [0, 0.05) is 55.9 Å². The van der Waals surface area contributed by atoms with E-state index in [1.54, 1.807) is 48.7 Å². The summed E-state index contributed by atoms with van der Waals surface area (Å²) in [4.78, 5) is 45.8. The molecule has 0 spiro atoms. The number of sulfone groups is 1. The molecule has 2 aliphatic heterocycles. The van der Waals surface area contributed by atoms with Crippen LogP contribution in [0.2, 0.25) is 0 Å². The number of carbonyl (C=O) groups excluding carboxylic acids is 3. The van der Waals surface area contributed by atoms with Crippen molar-refractivity contribution in [2.75, 3.05) is 38.8 Å². The highest BCUT2D eigenvalue weighted by Gasteiger charge is 2.34. The molecule has 2 aliphatic rings. The average Bonchev–Trinajstić information content (AvgIpc) is 3.53. The third kappa shape index (κ3) is 6.12. The van der Waals surface area contributed by atoms with Gasteiger partial charge in [-0.25, -0.2) is 13.4 Å². The normalized spacial score (nSPS) is 19.7. The molecule has 1 atom stereocenters. The third-order valence-electron chi connectivity index (χ3n) is 6.99. The molecule has 0 bridgehead atoms. The molecule has 1 unspecified atom stereocenters. The first kappa shape index (κ1) is 26.3. The van der Waals surface area contributed by atoms with E-state index in [9.17, 15) is 22.8 Å². The maximum absolute atomic E-state index is 12.8. The van der Waals surface area contributed by atoms with Crippen LogP contribution < -0.4 is 4.74 Å². The first-order valence-electron chi connectivity index (χ1n) is 12.0. The van der Waals surface area contributed by atoms with Crippen LogP contribution in [0.4, 0.5) is 0 Å². The lowest BCUT2D eigenvalue weighted by Gasteiger charge is -2.31. The maximum atomic E-state index is 12.8. The Bertz CT molecular complexity index is 1220. The lowest BCUT2D eigenvalue weighted by Crippen LogP contribution is -2.38. The molecule has 3 heterocycles. The Kier molecular flexibility index (Phi) is 8.09. The van der Waals surface area contributed by atoms with Crippen molar-refractivity contribution in [3.05, 3.63) is 45.9 Å². The van der Waals surface area contributed by atoms with Gasteiger partial charge in [0.1, 0.15) is 11.4 Å². The Morgan fingerprint density at radius 3 is 2.42 bits per heavy atom. The SMILES string of the molecule is COc1ccc(C(=O)CCC(=O)N2CCC(c3nc(C(=O)N(C)C4CCS(=O)(=O)C4)cs3)CC2)cc1. The number of carbonyl (C=O) groups is 3. The van der Waals surface area contributed by atoms with Gasteiger partial charge in [0.2, 0.25) is 5.91 Å². The molecule has 2 fully saturated rings. The van der Waals surface area contributed by atoms with Crippen molar-refractivity contribution < 1.29 is 27.5 Å². The van der Waals surface area contributed by atoms with Crippen molar-refractivity contribution in [3.63, 3.8) is 0 Å². The van der Waals surface area contributed by atoms with Gasteiger partial charge in [-0.1, -0.05) is 0 Å². The molecule has 1 aromatic carbocycles. The number of ketones is 1. The third-order valence-corrected chi connectivity index (χ3v) is 9.75. The zero-order chi connectivity index (χ0) is 25.9. The van der Waals surface area contributed by atoms with Gasteiger partial charge in [-0.05, 0) is 43.5 Å². The van der Waals surface area contributed by atoms with E-state index >= 15 is 0 Å². The molecule has 11 heteroatoms. The monoisotopic (exact) mass is 533 g/mol. The number of rotatable bonds is 8. The van der Waals surface area contributed by atoms with Crippen LogP contribution in [-0.4, -0.2) is 85.6 Å². The summed E-state index contributed by atoms with van der Waals surface area (Å²) in [6.45, 7) is 1.17. The van der Waals surface area contributed by atoms with Gasteiger partial charge >= 0.3 is 0 Å². The number of aromatic nitrogens is 1. The lowest BCUT2D eigenvalue weighted by molar-refractivity contribution is -0.132. The molecule has 194 valence electrons. The van der Waals surface area contributed by atoms with Gasteiger partial charge in [-0.2, -0.15) is 0 Å². The Morgan fingerprint density at radius 2 is 1.81 bits per heavy atom. The molecule has 9 nitrogen and oxygen atoms in total. The molecule has 4 rings (SSSR count). The van der Waals surface area contributed by atoms with E-state index in [1.807, 2.05) is 0 Å². The predicted molar refractivity (Wildman–Crippen MR) is 136 cm³/mol. The van der Waals surface area contributed by atoms with Crippen LogP contribution in [-0.2, 0) is 14.6 Å². The molecule has 2 aromatic rings. The molecule has 0 radical (unpaired) electrons. The highest BCUT2D eigenvalue weighted by molar-refractivity contribution is 7.91. The fraction of sp³-hybridized carbons (Fsp3) is 0.520. The van der Waals surface area contributed by atoms with Crippen LogP contribution in [0.1, 0.15) is 63.9 Å². The van der Waals surface area contributed by atoms with E-state index < -0.39 is 9.84 Å². The second-order valence-corrected chi connectivity index (χ2v) is 12.5. The second-order valence-electron chi connectivity index (χ2n) is 9.35. The largest absolute Gasteiger partial charge is 0.497 e. The number of ether oxygens (including phenoxy) is 1. The summed E-state index contributed by atoms with van der Waals surface area (Å²) in [5.41, 5.74) is 0.911. The van der Waals surface area contributed by atoms with Gasteiger partial charge in [-0.3, -0.25) is 14.4 Å². The summed E-state index contributed by atoms with van der Waals surface area (Å²) in [7, 11) is 0.129. The van der Waals surface area contributed by atoms with Crippen LogP contribution >= 0.6 is 11.3 Å². The van der Waals surface area contributed by atoms with Crippen LogP contribution in [0.25, 0.3) is 0 Å². The molecular formula is C25H31N3O6S2. The van der Waals surface area contributed by atoms with Crippen LogP contribution in [0.5, 0.6) is 5.75 Å². The molecule has 1 aromatic heterocycles. The number of piperidine rings is 1. The minimum atomic E-state index is -3.07. The standard InChI is InChI=1S/C25H31N3O6S2/c1-27(19-11-14-36(32,33)16-19)25(31)21-15-35-24(26-21)18-9-12-28(13-10-18)23(30)8-7-22(29)17-3-5-20(34-2)6-4-17/h3-6,15,18-19H,7-14,16H2,1-2H3. The Balaban J connectivity index is 1.25. The Morgan fingerprint density at radius 1 is 1.11 bits per heavy atom. The second kappa shape index (κ2) is 11.1. The first-order valence-corrected chi connectivity index (χ1v) is 14.7. The zero-order valence-electron chi connectivity index (χ0n) is 20.5. The minimum absolute atomic E-state index is 0.00438. The fourth-order valence-electron chi connectivity index (χ4n) is 4.68. The number of amides is 2. The van der Waals surface area contributed by atoms with E-state index in [2.05, 4.69) is 4.98 Å². The molecule has 0 N–H and O–H groups in total. The minimum Gasteiger partial charge on any atom is -0.497 e.